The number of hydrogen-bond acceptors (Lipinski definition) is 2. The summed E-state index contributed by atoms with van der Waals surface area (Å²) in [5.74, 6) is 0.650. The first-order chi connectivity index (χ1) is 3.79. The van der Waals surface area contributed by atoms with Crippen LogP contribution in [0.4, 0.5) is 0 Å². The minimum Gasteiger partial charge on any atom is -0.428 e. The van der Waals surface area contributed by atoms with Gasteiger partial charge in [-0.25, -0.2) is 4.79 Å². The number of rotatable bonds is 0. The highest BCUT2D eigenvalue weighted by Gasteiger charge is 1.82. The van der Waals surface area contributed by atoms with Gasteiger partial charge in [0.25, 0.3) is 0 Å². The largest absolute Gasteiger partial charge is 0.428 e. The van der Waals surface area contributed by atoms with Crippen LogP contribution in [0.5, 0.6) is 0 Å². The Morgan fingerprint density at radius 2 is 2.25 bits per heavy atom. The van der Waals surface area contributed by atoms with Crippen molar-refractivity contribution in [3.8, 4) is 0 Å². The van der Waals surface area contributed by atoms with Crippen LogP contribution in [-0.2, 0) is 0 Å². The molecular weight excluding hydrogens is 104 g/mol. The average Bonchev–Trinajstić information content (AvgIpc) is 1.64. The normalized spacial score (nSPS) is 9.12. The van der Waals surface area contributed by atoms with Gasteiger partial charge in [0.15, 0.2) is 0 Å². The predicted molar refractivity (Wildman–Crippen MR) is 29.7 cm³/mol. The molecule has 0 unspecified atom stereocenters. The minimum absolute atomic E-state index is 0.287. The Kier molecular flexibility index (Phi) is 1.16. The summed E-state index contributed by atoms with van der Waals surface area (Å²) in [6.07, 6.45) is 0. The molecule has 0 atom stereocenters. The maximum atomic E-state index is 10.3. The van der Waals surface area contributed by atoms with Crippen molar-refractivity contribution >= 4 is 0 Å². The Bertz CT molecular complexity index is 224. The summed E-state index contributed by atoms with van der Waals surface area (Å²) in [7, 11) is 0. The Balaban J connectivity index is 3.28. The lowest BCUT2D eigenvalue weighted by atomic mass is 10.4. The van der Waals surface area contributed by atoms with Gasteiger partial charge in [-0.2, -0.15) is 0 Å². The van der Waals surface area contributed by atoms with Gasteiger partial charge in [0.05, 0.1) is 0 Å². The van der Waals surface area contributed by atoms with Crippen LogP contribution in [0.1, 0.15) is 5.76 Å². The van der Waals surface area contributed by atoms with Gasteiger partial charge in [0.2, 0.25) is 0 Å². The van der Waals surface area contributed by atoms with E-state index >= 15 is 0 Å². The quantitative estimate of drug-likeness (QED) is 0.497. The van der Waals surface area contributed by atoms with E-state index in [2.05, 4.69) is 4.42 Å². The zero-order valence-electron chi connectivity index (χ0n) is 4.55. The zero-order valence-corrected chi connectivity index (χ0v) is 4.55. The fraction of sp³-hybridized carbons (Fsp3) is 0.167. The first-order valence-corrected chi connectivity index (χ1v) is 2.36. The third-order valence-electron chi connectivity index (χ3n) is 0.825. The fourth-order valence-corrected chi connectivity index (χ4v) is 0.489. The zero-order chi connectivity index (χ0) is 5.98. The molecule has 1 heterocycles. The summed E-state index contributed by atoms with van der Waals surface area (Å²) in [5, 5.41) is 0. The predicted octanol–water partition coefficient (Wildman–Crippen LogP) is 0.948. The van der Waals surface area contributed by atoms with Crippen LogP contribution in [0, 0.1) is 6.92 Å². The third-order valence-corrected chi connectivity index (χ3v) is 0.825. The van der Waals surface area contributed by atoms with Crippen molar-refractivity contribution in [1.29, 1.82) is 0 Å². The molecule has 0 saturated heterocycles. The molecule has 0 amide bonds. The molecule has 1 aromatic heterocycles. The molecule has 1 aromatic rings. The van der Waals surface area contributed by atoms with E-state index in [1.165, 1.54) is 6.07 Å². The van der Waals surface area contributed by atoms with Gasteiger partial charge in [0.1, 0.15) is 5.76 Å². The van der Waals surface area contributed by atoms with Crippen molar-refractivity contribution in [2.75, 3.05) is 0 Å². The van der Waals surface area contributed by atoms with E-state index in [9.17, 15) is 4.79 Å². The molecule has 0 aromatic carbocycles. The summed E-state index contributed by atoms with van der Waals surface area (Å²) >= 11 is 0. The van der Waals surface area contributed by atoms with Gasteiger partial charge in [-0.15, -0.1) is 0 Å². The highest BCUT2D eigenvalue weighted by molar-refractivity contribution is 4.95. The summed E-state index contributed by atoms with van der Waals surface area (Å²) in [6.45, 7) is 1.74. The van der Waals surface area contributed by atoms with Crippen molar-refractivity contribution in [1.82, 2.24) is 0 Å². The van der Waals surface area contributed by atoms with Crippen LogP contribution in [-0.4, -0.2) is 0 Å². The Morgan fingerprint density at radius 3 is 2.62 bits per heavy atom. The molecule has 2 nitrogen and oxygen atoms in total. The summed E-state index contributed by atoms with van der Waals surface area (Å²) in [5.41, 5.74) is -0.287. The number of aryl methyl sites for hydroxylation is 1. The van der Waals surface area contributed by atoms with Crippen LogP contribution in [0.15, 0.2) is 27.4 Å². The van der Waals surface area contributed by atoms with Crippen LogP contribution in [0.2, 0.25) is 0 Å². The molecule has 42 valence electrons. The van der Waals surface area contributed by atoms with E-state index in [0.29, 0.717) is 5.76 Å². The van der Waals surface area contributed by atoms with Crippen molar-refractivity contribution in [3.05, 3.63) is 34.4 Å². The third kappa shape index (κ3) is 0.964. The molecule has 2 heteroatoms. The number of hydrogen-bond donors (Lipinski definition) is 0. The standard InChI is InChI=1S/C6H6O2/c1-5-3-2-4-6(7)8-5/h2-4H,1H3. The lowest BCUT2D eigenvalue weighted by molar-refractivity contribution is 0.480. The summed E-state index contributed by atoms with van der Waals surface area (Å²) < 4.78 is 4.62. The molecule has 8 heavy (non-hydrogen) atoms. The van der Waals surface area contributed by atoms with E-state index in [-0.39, 0.29) is 5.63 Å². The van der Waals surface area contributed by atoms with E-state index in [4.69, 9.17) is 0 Å². The smallest absolute Gasteiger partial charge is 0.335 e. The second-order valence-electron chi connectivity index (χ2n) is 1.56. The van der Waals surface area contributed by atoms with Crippen LogP contribution >= 0.6 is 0 Å². The molecule has 0 fully saturated rings. The highest BCUT2D eigenvalue weighted by Crippen LogP contribution is 1.87. The Hall–Kier alpha value is -1.05. The maximum absolute atomic E-state index is 10.3. The summed E-state index contributed by atoms with van der Waals surface area (Å²) in [4.78, 5) is 10.3. The first-order valence-electron chi connectivity index (χ1n) is 2.36. The molecule has 0 N–H and O–H groups in total. The first kappa shape index (κ1) is 5.09. The lowest BCUT2D eigenvalue weighted by Gasteiger charge is -1.83. The van der Waals surface area contributed by atoms with Crippen molar-refractivity contribution < 1.29 is 4.42 Å². The Labute approximate surface area is 46.8 Å². The van der Waals surface area contributed by atoms with Gasteiger partial charge in [-0.3, -0.25) is 0 Å². The van der Waals surface area contributed by atoms with E-state index in [1.807, 2.05) is 0 Å². The van der Waals surface area contributed by atoms with Crippen molar-refractivity contribution in [3.63, 3.8) is 0 Å². The molecule has 1 rings (SSSR count). The van der Waals surface area contributed by atoms with Gasteiger partial charge >= 0.3 is 5.63 Å². The van der Waals surface area contributed by atoms with Crippen molar-refractivity contribution in [2.45, 2.75) is 6.92 Å². The van der Waals surface area contributed by atoms with Crippen LogP contribution in [0.25, 0.3) is 0 Å². The summed E-state index contributed by atoms with van der Waals surface area (Å²) in [6, 6.07) is 4.79. The lowest BCUT2D eigenvalue weighted by Crippen LogP contribution is -1.93. The molecule has 0 radical (unpaired) electrons. The van der Waals surface area contributed by atoms with E-state index in [0.717, 1.165) is 0 Å². The maximum Gasteiger partial charge on any atom is 0.335 e. The average molecular weight is 110 g/mol. The second-order valence-corrected chi connectivity index (χ2v) is 1.56. The van der Waals surface area contributed by atoms with Crippen LogP contribution in [0.3, 0.4) is 0 Å². The van der Waals surface area contributed by atoms with Gasteiger partial charge < -0.3 is 4.42 Å². The van der Waals surface area contributed by atoms with E-state index < -0.39 is 0 Å². The highest BCUT2D eigenvalue weighted by atomic mass is 16.4. The second kappa shape index (κ2) is 1.82. The van der Waals surface area contributed by atoms with Crippen molar-refractivity contribution in [2.24, 2.45) is 0 Å². The monoisotopic (exact) mass is 110 g/mol. The van der Waals surface area contributed by atoms with Crippen LogP contribution < -0.4 is 5.63 Å². The molecule has 0 saturated carbocycles. The van der Waals surface area contributed by atoms with E-state index in [1.54, 1.807) is 19.1 Å². The molecule has 0 aliphatic rings. The van der Waals surface area contributed by atoms with Gasteiger partial charge in [0, 0.05) is 6.07 Å². The molecule has 0 bridgehead atoms. The molecule has 0 spiro atoms. The SMILES string of the molecule is Cc1cccc(=O)o1. The van der Waals surface area contributed by atoms with Gasteiger partial charge in [-0.1, -0.05) is 6.07 Å². The molecule has 0 aliphatic heterocycles. The Morgan fingerprint density at radius 1 is 1.50 bits per heavy atom. The molecular formula is C6H6O2. The molecule has 0 aliphatic carbocycles. The fourth-order valence-electron chi connectivity index (χ4n) is 0.489. The topological polar surface area (TPSA) is 30.2 Å². The van der Waals surface area contributed by atoms with Gasteiger partial charge in [-0.05, 0) is 13.0 Å². The minimum atomic E-state index is -0.287.